The van der Waals surface area contributed by atoms with Crippen molar-refractivity contribution in [3.05, 3.63) is 358 Å². The third-order valence-corrected chi connectivity index (χ3v) is 23.7. The molecule has 4 aliphatic rings. The van der Waals surface area contributed by atoms with Crippen molar-refractivity contribution in [1.82, 2.24) is 0 Å². The second-order valence-corrected chi connectivity index (χ2v) is 29.0. The number of hydrogen-bond donors (Lipinski definition) is 0. The Kier molecular flexibility index (Phi) is 13.5. The molecule has 0 N–H and O–H groups in total. The van der Waals surface area contributed by atoms with Crippen LogP contribution in [-0.4, -0.2) is 33.9 Å². The van der Waals surface area contributed by atoms with E-state index >= 15 is 0 Å². The summed E-state index contributed by atoms with van der Waals surface area (Å²) in [6.45, 7) is -0.430. The Morgan fingerprint density at radius 2 is 0.737 bits per heavy atom. The number of nitrogens with zero attached hydrogens (tertiary/aromatic N) is 5. The quantitative estimate of drug-likeness (QED) is 0.120. The summed E-state index contributed by atoms with van der Waals surface area (Å²) in [5, 5.41) is 2.67. The van der Waals surface area contributed by atoms with Gasteiger partial charge in [0, 0.05) is 16.8 Å². The van der Waals surface area contributed by atoms with E-state index < -0.39 is 20.4 Å². The molecule has 5 heterocycles. The molecule has 6 nitrogen and oxygen atoms in total. The number of anilines is 15. The van der Waals surface area contributed by atoms with Gasteiger partial charge < -0.3 is 9.80 Å². The van der Waals surface area contributed by atoms with Crippen LogP contribution < -0.4 is 62.0 Å². The Morgan fingerprint density at radius 3 is 1.39 bits per heavy atom. The molecule has 1 aromatic heterocycles. The summed E-state index contributed by atoms with van der Waals surface area (Å²) >= 11 is -0.602. The predicted octanol–water partition coefficient (Wildman–Crippen LogP) is 19.8. The number of para-hydroxylation sites is 8. The third kappa shape index (κ3) is 9.26. The van der Waals surface area contributed by atoms with E-state index in [2.05, 4.69) is 382 Å². The molecule has 0 saturated carbocycles. The first kappa shape index (κ1) is 57.3. The minimum absolute atomic E-state index is 0.193. The first-order chi connectivity index (χ1) is 49.1. The molecule has 16 aromatic rings. The van der Waals surface area contributed by atoms with Gasteiger partial charge in [0.2, 0.25) is 0 Å². The van der Waals surface area contributed by atoms with Crippen molar-refractivity contribution in [1.29, 1.82) is 0 Å². The van der Waals surface area contributed by atoms with Gasteiger partial charge in [-0.15, -0.1) is 0 Å². The summed E-state index contributed by atoms with van der Waals surface area (Å²) in [6, 6.07) is 132. The van der Waals surface area contributed by atoms with E-state index in [1.807, 2.05) is 0 Å². The van der Waals surface area contributed by atoms with Crippen molar-refractivity contribution >= 4 is 170 Å². The maximum Gasteiger partial charge on any atom is -0.0543 e. The second kappa shape index (κ2) is 23.4. The Morgan fingerprint density at radius 1 is 0.263 bits per heavy atom. The van der Waals surface area contributed by atoms with Crippen molar-refractivity contribution < 1.29 is 4.74 Å². The Labute approximate surface area is 586 Å². The molecule has 4 aliphatic heterocycles. The molecule has 0 amide bonds. The molecule has 99 heavy (non-hydrogen) atoms. The minimum atomic E-state index is -0.602. The first-order valence-electron chi connectivity index (χ1n) is 34.0. The SMILES string of the molecule is c1ccc(-c2ccccc2N(c2ccccc2)c2cc3c4c(c2)N(c2ccccc2-c2ccccc2)c2ccccc2B4c2cc4c(cc2O3)N(c2ccc3[te]c5ccccc5c3c2)c2cc(N(c3ccccc3)c3ccccc3)cc3c2B4c2ccccc2N3c2ccccc2)cc1. The standard InChI is InChI=1S/C90H59B2N5OTe/c1-7-29-60(30-8-1)69-41-19-24-46-77(69)94(64-37-15-5-16-38-64)68-56-84-90-86(57-68)98-85-59-81-75(58-76(85)92(90)74-45-23-27-49-80(74)97(84)78-47-25-20-42-70(78)61-31-9-2-10-32-61)91-73-44-22-26-48-79(73)95(65-39-17-6-18-40-65)82-54-67(93(62-33-11-3-12-34-62)63-35-13-4-14-36-63)55-83(89(82)91)96(81)66-51-52-88-72(53-66)71-43-21-28-50-87(71)99-88/h1-59H. The van der Waals surface area contributed by atoms with Gasteiger partial charge in [-0.25, -0.2) is 0 Å². The van der Waals surface area contributed by atoms with Gasteiger partial charge >= 0.3 is 359 Å². The molecule has 15 aromatic carbocycles. The molecular weight excluding hydrogens is 1320 g/mol. The maximum absolute atomic E-state index is 8.01. The van der Waals surface area contributed by atoms with Crippen molar-refractivity contribution in [2.45, 2.75) is 0 Å². The fraction of sp³-hybridized carbons (Fsp3) is 0. The van der Waals surface area contributed by atoms with E-state index in [0.717, 1.165) is 130 Å². The normalized spacial score (nSPS) is 12.8. The van der Waals surface area contributed by atoms with Gasteiger partial charge in [0.1, 0.15) is 0 Å². The molecule has 0 atom stereocenters. The summed E-state index contributed by atoms with van der Waals surface area (Å²) in [7, 11) is 0. The van der Waals surface area contributed by atoms with E-state index in [0.29, 0.717) is 0 Å². The van der Waals surface area contributed by atoms with Crippen molar-refractivity contribution in [3.8, 4) is 33.8 Å². The third-order valence-electron chi connectivity index (χ3n) is 20.4. The molecule has 0 radical (unpaired) electrons. The summed E-state index contributed by atoms with van der Waals surface area (Å²) in [4.78, 5) is 12.5. The number of rotatable bonds is 11. The Bertz CT molecular complexity index is 5800. The van der Waals surface area contributed by atoms with Crippen LogP contribution in [0.2, 0.25) is 0 Å². The van der Waals surface area contributed by atoms with Crippen molar-refractivity contribution in [3.63, 3.8) is 0 Å². The second-order valence-electron chi connectivity index (χ2n) is 25.9. The molecule has 20 rings (SSSR count). The van der Waals surface area contributed by atoms with Gasteiger partial charge in [0.05, 0.1) is 11.4 Å². The fourth-order valence-electron chi connectivity index (χ4n) is 16.3. The van der Waals surface area contributed by atoms with Gasteiger partial charge in [-0.05, 0) is 47.5 Å². The van der Waals surface area contributed by atoms with E-state index in [4.69, 9.17) is 4.74 Å². The van der Waals surface area contributed by atoms with Crippen LogP contribution in [0.15, 0.2) is 358 Å². The number of benzene rings is 15. The molecule has 0 unspecified atom stereocenters. The van der Waals surface area contributed by atoms with Gasteiger partial charge in [-0.3, -0.25) is 0 Å². The minimum Gasteiger partial charge on any atom is -0.0616 e. The summed E-state index contributed by atoms with van der Waals surface area (Å²) < 4.78 is 11.0. The number of hydrogen-bond acceptors (Lipinski definition) is 6. The molecule has 9 heteroatoms. The molecule has 0 saturated heterocycles. The van der Waals surface area contributed by atoms with Crippen LogP contribution in [-0.2, 0) is 0 Å². The summed E-state index contributed by atoms with van der Waals surface area (Å²) in [6.07, 6.45) is 0. The first-order valence-corrected chi connectivity index (χ1v) is 36.3. The topological polar surface area (TPSA) is 25.4 Å². The fourth-order valence-corrected chi connectivity index (χ4v) is 19.4. The molecule has 462 valence electrons. The van der Waals surface area contributed by atoms with Crippen LogP contribution in [0.4, 0.5) is 85.3 Å². The molecule has 0 aliphatic carbocycles. The largest absolute Gasteiger partial charge is 0.0616 e. The number of fused-ring (bicyclic) bond motifs is 11. The summed E-state index contributed by atoms with van der Waals surface area (Å²) in [5.74, 6) is 1.63. The molecule has 0 bridgehead atoms. The monoisotopic (exact) mass is 1380 g/mol. The average Bonchev–Trinajstić information content (AvgIpc) is 0.887. The van der Waals surface area contributed by atoms with Gasteiger partial charge in [0.25, 0.3) is 0 Å². The van der Waals surface area contributed by atoms with Gasteiger partial charge in [-0.2, -0.15) is 0 Å². The zero-order valence-corrected chi connectivity index (χ0v) is 56.1. The van der Waals surface area contributed by atoms with Crippen molar-refractivity contribution in [2.75, 3.05) is 24.5 Å². The summed E-state index contributed by atoms with van der Waals surface area (Å²) in [5.41, 5.74) is 27.9. The smallest absolute Gasteiger partial charge is 0.0543 e. The van der Waals surface area contributed by atoms with Crippen LogP contribution in [0.3, 0.4) is 0 Å². The van der Waals surface area contributed by atoms with Gasteiger partial charge in [0.15, 0.2) is 0 Å². The van der Waals surface area contributed by atoms with E-state index in [1.54, 1.807) is 0 Å². The van der Waals surface area contributed by atoms with Crippen molar-refractivity contribution in [2.24, 2.45) is 0 Å². The Balaban J connectivity index is 0.883. The predicted molar refractivity (Wildman–Crippen MR) is 419 cm³/mol. The van der Waals surface area contributed by atoms with Crippen LogP contribution in [0.25, 0.3) is 39.8 Å². The van der Waals surface area contributed by atoms with E-state index in [-0.39, 0.29) is 13.4 Å². The zero-order chi connectivity index (χ0) is 65.1. The molecule has 0 spiro atoms. The van der Waals surface area contributed by atoms with Crippen LogP contribution >= 0.6 is 0 Å². The number of ether oxygens (including phenoxy) is 1. The molecular formula is C90H59B2N5OTe. The van der Waals surface area contributed by atoms with Gasteiger partial charge in [-0.1, -0.05) is 146 Å². The van der Waals surface area contributed by atoms with E-state index in [9.17, 15) is 0 Å². The van der Waals surface area contributed by atoms with Crippen LogP contribution in [0, 0.1) is 0 Å². The van der Waals surface area contributed by atoms with Crippen LogP contribution in [0.5, 0.6) is 11.5 Å². The average molecular weight is 1380 g/mol. The van der Waals surface area contributed by atoms with E-state index in [1.165, 1.54) is 39.4 Å². The zero-order valence-electron chi connectivity index (χ0n) is 53.8. The Hall–Kier alpha value is -12.0. The molecule has 0 fully saturated rings. The maximum atomic E-state index is 8.01. The van der Waals surface area contributed by atoms with Crippen LogP contribution in [0.1, 0.15) is 0 Å².